The highest BCUT2D eigenvalue weighted by atomic mass is 15.1. The van der Waals surface area contributed by atoms with Gasteiger partial charge in [0.05, 0.1) is 12.0 Å². The Kier molecular flexibility index (Phi) is 4.60. The van der Waals surface area contributed by atoms with Gasteiger partial charge < -0.3 is 9.88 Å². The first kappa shape index (κ1) is 12.6. The Morgan fingerprint density at radius 1 is 1.41 bits per heavy atom. The molecule has 0 aromatic carbocycles. The van der Waals surface area contributed by atoms with Crippen molar-refractivity contribution in [2.45, 2.75) is 58.5 Å². The van der Waals surface area contributed by atoms with Crippen LogP contribution in [0, 0.1) is 5.92 Å². The van der Waals surface area contributed by atoms with Crippen LogP contribution in [0.5, 0.6) is 0 Å². The van der Waals surface area contributed by atoms with Gasteiger partial charge >= 0.3 is 0 Å². The van der Waals surface area contributed by atoms with E-state index in [2.05, 4.69) is 34.9 Å². The van der Waals surface area contributed by atoms with Crippen LogP contribution in [-0.4, -0.2) is 16.1 Å². The Morgan fingerprint density at radius 3 is 3.06 bits per heavy atom. The highest BCUT2D eigenvalue weighted by Crippen LogP contribution is 2.34. The van der Waals surface area contributed by atoms with Crippen molar-refractivity contribution in [2.75, 3.05) is 6.54 Å². The molecule has 1 aliphatic carbocycles. The van der Waals surface area contributed by atoms with E-state index >= 15 is 0 Å². The van der Waals surface area contributed by atoms with Crippen molar-refractivity contribution < 1.29 is 0 Å². The average Bonchev–Trinajstić information content (AvgIpc) is 2.85. The highest BCUT2D eigenvalue weighted by Gasteiger charge is 2.21. The Hall–Kier alpha value is -0.830. The molecule has 2 rings (SSSR count). The second-order valence-corrected chi connectivity index (χ2v) is 5.19. The lowest BCUT2D eigenvalue weighted by molar-refractivity contribution is 0.261. The number of hydrogen-bond donors (Lipinski definition) is 1. The van der Waals surface area contributed by atoms with Gasteiger partial charge in [-0.25, -0.2) is 4.98 Å². The molecule has 2 unspecified atom stereocenters. The summed E-state index contributed by atoms with van der Waals surface area (Å²) in [6.07, 6.45) is 11.0. The van der Waals surface area contributed by atoms with Crippen molar-refractivity contribution in [3.8, 4) is 0 Å². The number of rotatable bonds is 5. The molecule has 0 saturated heterocycles. The van der Waals surface area contributed by atoms with Gasteiger partial charge in [-0.05, 0) is 25.3 Å². The van der Waals surface area contributed by atoms with E-state index in [1.54, 1.807) is 0 Å². The minimum absolute atomic E-state index is 0.691. The fourth-order valence-electron chi connectivity index (χ4n) is 2.83. The lowest BCUT2D eigenvalue weighted by Crippen LogP contribution is -2.18. The Morgan fingerprint density at radius 2 is 2.29 bits per heavy atom. The zero-order valence-corrected chi connectivity index (χ0v) is 11.2. The lowest BCUT2D eigenvalue weighted by atomic mass is 9.84. The molecule has 17 heavy (non-hydrogen) atoms. The second kappa shape index (κ2) is 6.20. The predicted octanol–water partition coefficient (Wildman–Crippen LogP) is 3.13. The summed E-state index contributed by atoms with van der Waals surface area (Å²) >= 11 is 0. The Bertz CT molecular complexity index is 332. The molecule has 2 atom stereocenters. The lowest BCUT2D eigenvalue weighted by Gasteiger charge is -2.29. The molecule has 96 valence electrons. The standard InChI is InChI=1S/C14H25N3/c1-3-12-6-5-7-14(8-12)17-10-13(16-11-17)9-15-4-2/h10-12,14-15H,3-9H2,1-2H3. The largest absolute Gasteiger partial charge is 0.334 e. The monoisotopic (exact) mass is 235 g/mol. The summed E-state index contributed by atoms with van der Waals surface area (Å²) in [6.45, 7) is 6.35. The van der Waals surface area contributed by atoms with Crippen LogP contribution in [0.25, 0.3) is 0 Å². The zero-order chi connectivity index (χ0) is 12.1. The SMILES string of the molecule is CCNCc1cn(C2CCCC(CC)C2)cn1. The molecular formula is C14H25N3. The first-order valence-electron chi connectivity index (χ1n) is 7.06. The van der Waals surface area contributed by atoms with Crippen LogP contribution in [0.2, 0.25) is 0 Å². The maximum atomic E-state index is 4.48. The molecule has 1 aromatic heterocycles. The van der Waals surface area contributed by atoms with Gasteiger partial charge in [-0.15, -0.1) is 0 Å². The van der Waals surface area contributed by atoms with E-state index in [1.165, 1.54) is 37.8 Å². The summed E-state index contributed by atoms with van der Waals surface area (Å²) in [4.78, 5) is 4.48. The van der Waals surface area contributed by atoms with E-state index in [1.807, 2.05) is 6.33 Å². The maximum Gasteiger partial charge on any atom is 0.0952 e. The molecule has 0 amide bonds. The van der Waals surface area contributed by atoms with Gasteiger partial charge in [0.25, 0.3) is 0 Å². The van der Waals surface area contributed by atoms with Gasteiger partial charge in [0.2, 0.25) is 0 Å². The minimum atomic E-state index is 0.691. The van der Waals surface area contributed by atoms with E-state index in [-0.39, 0.29) is 0 Å². The van der Waals surface area contributed by atoms with E-state index in [9.17, 15) is 0 Å². The smallest absolute Gasteiger partial charge is 0.0952 e. The van der Waals surface area contributed by atoms with E-state index in [0.29, 0.717) is 6.04 Å². The van der Waals surface area contributed by atoms with Crippen molar-refractivity contribution in [3.05, 3.63) is 18.2 Å². The maximum absolute atomic E-state index is 4.48. The summed E-state index contributed by atoms with van der Waals surface area (Å²) in [5.74, 6) is 0.924. The minimum Gasteiger partial charge on any atom is -0.334 e. The summed E-state index contributed by atoms with van der Waals surface area (Å²) in [5.41, 5.74) is 1.17. The van der Waals surface area contributed by atoms with Crippen LogP contribution in [0.1, 0.15) is 57.7 Å². The third kappa shape index (κ3) is 3.32. The molecular weight excluding hydrogens is 210 g/mol. The summed E-state index contributed by atoms with van der Waals surface area (Å²) < 4.78 is 2.34. The fourth-order valence-corrected chi connectivity index (χ4v) is 2.83. The number of nitrogens with one attached hydrogen (secondary N) is 1. The van der Waals surface area contributed by atoms with Crippen molar-refractivity contribution in [1.29, 1.82) is 0 Å². The third-order valence-electron chi connectivity index (χ3n) is 3.97. The molecule has 1 aliphatic rings. The number of nitrogens with zero attached hydrogens (tertiary/aromatic N) is 2. The molecule has 0 bridgehead atoms. The molecule has 0 radical (unpaired) electrons. The van der Waals surface area contributed by atoms with Gasteiger partial charge in [-0.2, -0.15) is 0 Å². The first-order chi connectivity index (χ1) is 8.33. The van der Waals surface area contributed by atoms with Crippen LogP contribution in [-0.2, 0) is 6.54 Å². The summed E-state index contributed by atoms with van der Waals surface area (Å²) in [5, 5.41) is 3.32. The Labute approximate surface area is 105 Å². The van der Waals surface area contributed by atoms with E-state index in [4.69, 9.17) is 0 Å². The van der Waals surface area contributed by atoms with Crippen molar-refractivity contribution in [3.63, 3.8) is 0 Å². The van der Waals surface area contributed by atoms with Crippen LogP contribution in [0.15, 0.2) is 12.5 Å². The van der Waals surface area contributed by atoms with Gasteiger partial charge in [-0.3, -0.25) is 0 Å². The topological polar surface area (TPSA) is 29.9 Å². The van der Waals surface area contributed by atoms with Crippen molar-refractivity contribution in [1.82, 2.24) is 14.9 Å². The van der Waals surface area contributed by atoms with Gasteiger partial charge in [0.15, 0.2) is 0 Å². The summed E-state index contributed by atoms with van der Waals surface area (Å²) in [6, 6.07) is 0.691. The van der Waals surface area contributed by atoms with Crippen molar-refractivity contribution in [2.24, 2.45) is 5.92 Å². The quantitative estimate of drug-likeness (QED) is 0.849. The first-order valence-corrected chi connectivity index (χ1v) is 7.06. The molecule has 0 aliphatic heterocycles. The third-order valence-corrected chi connectivity index (χ3v) is 3.97. The number of aromatic nitrogens is 2. The Balaban J connectivity index is 1.94. The van der Waals surface area contributed by atoms with Crippen LogP contribution in [0.4, 0.5) is 0 Å². The predicted molar refractivity (Wildman–Crippen MR) is 70.9 cm³/mol. The summed E-state index contributed by atoms with van der Waals surface area (Å²) in [7, 11) is 0. The van der Waals surface area contributed by atoms with Gasteiger partial charge in [0.1, 0.15) is 0 Å². The molecule has 3 heteroatoms. The molecule has 1 saturated carbocycles. The second-order valence-electron chi connectivity index (χ2n) is 5.19. The van der Waals surface area contributed by atoms with Crippen LogP contribution >= 0.6 is 0 Å². The molecule has 1 fully saturated rings. The van der Waals surface area contributed by atoms with Crippen LogP contribution in [0.3, 0.4) is 0 Å². The molecule has 1 aromatic rings. The van der Waals surface area contributed by atoms with E-state index < -0.39 is 0 Å². The van der Waals surface area contributed by atoms with Gasteiger partial charge in [-0.1, -0.05) is 33.1 Å². The number of imidazole rings is 1. The molecule has 1 heterocycles. The van der Waals surface area contributed by atoms with Crippen LogP contribution < -0.4 is 5.32 Å². The average molecular weight is 235 g/mol. The highest BCUT2D eigenvalue weighted by molar-refractivity contribution is 4.98. The molecule has 0 spiro atoms. The van der Waals surface area contributed by atoms with Crippen molar-refractivity contribution >= 4 is 0 Å². The normalized spacial score (nSPS) is 25.1. The van der Waals surface area contributed by atoms with E-state index in [0.717, 1.165) is 19.0 Å². The molecule has 3 nitrogen and oxygen atoms in total. The molecule has 1 N–H and O–H groups in total. The number of hydrogen-bond acceptors (Lipinski definition) is 2. The van der Waals surface area contributed by atoms with Gasteiger partial charge in [0, 0.05) is 18.8 Å². The fraction of sp³-hybridized carbons (Fsp3) is 0.786. The zero-order valence-electron chi connectivity index (χ0n) is 11.2.